The SMILES string of the molecule is O=c1c2ccccc2cnn1Cc1ccc2ccccc2n1. The van der Waals surface area contributed by atoms with Crippen molar-refractivity contribution >= 4 is 21.7 Å². The predicted molar refractivity (Wildman–Crippen MR) is 86.8 cm³/mol. The van der Waals surface area contributed by atoms with Crippen molar-refractivity contribution in [2.75, 3.05) is 0 Å². The standard InChI is InChI=1S/C18H13N3O/c22-18-16-7-3-1-6-14(16)11-19-21(18)12-15-10-9-13-5-2-4-8-17(13)20-15/h1-11H,12H2. The molecule has 22 heavy (non-hydrogen) atoms. The second-order valence-corrected chi connectivity index (χ2v) is 5.19. The van der Waals surface area contributed by atoms with Crippen molar-refractivity contribution in [3.05, 3.63) is 82.9 Å². The fourth-order valence-corrected chi connectivity index (χ4v) is 2.59. The van der Waals surface area contributed by atoms with E-state index in [1.807, 2.05) is 60.7 Å². The van der Waals surface area contributed by atoms with Crippen LogP contribution in [0.15, 0.2) is 71.7 Å². The molecule has 0 saturated carbocycles. The highest BCUT2D eigenvalue weighted by atomic mass is 16.1. The van der Waals surface area contributed by atoms with Gasteiger partial charge in [-0.05, 0) is 18.2 Å². The van der Waals surface area contributed by atoms with E-state index in [2.05, 4.69) is 10.1 Å². The van der Waals surface area contributed by atoms with E-state index in [0.717, 1.165) is 22.0 Å². The van der Waals surface area contributed by atoms with Crippen LogP contribution in [0, 0.1) is 0 Å². The maximum Gasteiger partial charge on any atom is 0.274 e. The number of rotatable bonds is 2. The van der Waals surface area contributed by atoms with Gasteiger partial charge in [0.15, 0.2) is 0 Å². The zero-order valence-corrected chi connectivity index (χ0v) is 11.8. The minimum absolute atomic E-state index is 0.0898. The van der Waals surface area contributed by atoms with Gasteiger partial charge in [-0.25, -0.2) is 4.68 Å². The lowest BCUT2D eigenvalue weighted by atomic mass is 10.2. The molecular weight excluding hydrogens is 274 g/mol. The smallest absolute Gasteiger partial charge is 0.267 e. The Balaban J connectivity index is 1.79. The topological polar surface area (TPSA) is 47.8 Å². The van der Waals surface area contributed by atoms with Gasteiger partial charge < -0.3 is 0 Å². The molecule has 0 bridgehead atoms. The molecule has 4 rings (SSSR count). The molecule has 0 radical (unpaired) electrons. The van der Waals surface area contributed by atoms with E-state index in [9.17, 15) is 4.79 Å². The normalized spacial score (nSPS) is 11.1. The van der Waals surface area contributed by atoms with Crippen molar-refractivity contribution in [3.63, 3.8) is 0 Å². The molecule has 0 spiro atoms. The van der Waals surface area contributed by atoms with Crippen LogP contribution in [0.25, 0.3) is 21.7 Å². The molecule has 0 aliphatic carbocycles. The Morgan fingerprint density at radius 3 is 2.55 bits per heavy atom. The first-order chi connectivity index (χ1) is 10.8. The first kappa shape index (κ1) is 12.7. The maximum absolute atomic E-state index is 12.5. The van der Waals surface area contributed by atoms with Gasteiger partial charge in [-0.1, -0.05) is 42.5 Å². The van der Waals surface area contributed by atoms with Gasteiger partial charge in [-0.3, -0.25) is 9.78 Å². The Kier molecular flexibility index (Phi) is 2.93. The van der Waals surface area contributed by atoms with Gasteiger partial charge in [0.25, 0.3) is 5.56 Å². The van der Waals surface area contributed by atoms with Crippen molar-refractivity contribution in [2.45, 2.75) is 6.54 Å². The van der Waals surface area contributed by atoms with Gasteiger partial charge >= 0.3 is 0 Å². The lowest BCUT2D eigenvalue weighted by molar-refractivity contribution is 0.637. The molecule has 0 amide bonds. The minimum atomic E-state index is -0.0898. The van der Waals surface area contributed by atoms with E-state index in [4.69, 9.17) is 0 Å². The van der Waals surface area contributed by atoms with E-state index in [1.54, 1.807) is 6.20 Å². The Morgan fingerprint density at radius 2 is 1.64 bits per heavy atom. The van der Waals surface area contributed by atoms with E-state index in [0.29, 0.717) is 11.9 Å². The molecule has 106 valence electrons. The van der Waals surface area contributed by atoms with Crippen LogP contribution in [-0.2, 0) is 6.54 Å². The summed E-state index contributed by atoms with van der Waals surface area (Å²) < 4.78 is 1.46. The molecule has 0 aliphatic rings. The average molecular weight is 287 g/mol. The molecule has 2 aromatic carbocycles. The van der Waals surface area contributed by atoms with Crippen LogP contribution in [-0.4, -0.2) is 14.8 Å². The van der Waals surface area contributed by atoms with Gasteiger partial charge in [0.2, 0.25) is 0 Å². The zero-order valence-electron chi connectivity index (χ0n) is 11.8. The molecule has 4 nitrogen and oxygen atoms in total. The second kappa shape index (κ2) is 5.07. The molecule has 2 heterocycles. The Labute approximate surface area is 126 Å². The highest BCUT2D eigenvalue weighted by molar-refractivity contribution is 5.80. The first-order valence-electron chi connectivity index (χ1n) is 7.11. The van der Waals surface area contributed by atoms with Gasteiger partial charge in [0, 0.05) is 10.8 Å². The third kappa shape index (κ3) is 2.15. The quantitative estimate of drug-likeness (QED) is 0.569. The molecule has 0 aliphatic heterocycles. The van der Waals surface area contributed by atoms with Gasteiger partial charge in [-0.15, -0.1) is 0 Å². The van der Waals surface area contributed by atoms with Crippen molar-refractivity contribution < 1.29 is 0 Å². The fourth-order valence-electron chi connectivity index (χ4n) is 2.59. The Bertz CT molecular complexity index is 1040. The molecule has 0 saturated heterocycles. The van der Waals surface area contributed by atoms with Crippen LogP contribution in [0.1, 0.15) is 5.69 Å². The van der Waals surface area contributed by atoms with Crippen molar-refractivity contribution in [1.82, 2.24) is 14.8 Å². The summed E-state index contributed by atoms with van der Waals surface area (Å²) in [5, 5.41) is 6.87. The van der Waals surface area contributed by atoms with Crippen LogP contribution in [0.4, 0.5) is 0 Å². The van der Waals surface area contributed by atoms with E-state index in [1.165, 1.54) is 4.68 Å². The fraction of sp³-hybridized carbons (Fsp3) is 0.0556. The van der Waals surface area contributed by atoms with E-state index < -0.39 is 0 Å². The van der Waals surface area contributed by atoms with Gasteiger partial charge in [0.05, 0.1) is 29.3 Å². The number of pyridine rings is 1. The van der Waals surface area contributed by atoms with Crippen LogP contribution in [0.3, 0.4) is 0 Å². The highest BCUT2D eigenvalue weighted by Gasteiger charge is 2.05. The monoisotopic (exact) mass is 287 g/mol. The number of fused-ring (bicyclic) bond motifs is 2. The summed E-state index contributed by atoms with van der Waals surface area (Å²) >= 11 is 0. The predicted octanol–water partition coefficient (Wildman–Crippen LogP) is 2.99. The lowest BCUT2D eigenvalue weighted by Gasteiger charge is -2.06. The second-order valence-electron chi connectivity index (χ2n) is 5.19. The van der Waals surface area contributed by atoms with Gasteiger partial charge in [-0.2, -0.15) is 5.10 Å². The number of para-hydroxylation sites is 1. The number of hydrogen-bond donors (Lipinski definition) is 0. The Morgan fingerprint density at radius 1 is 0.864 bits per heavy atom. The minimum Gasteiger partial charge on any atom is -0.267 e. The largest absolute Gasteiger partial charge is 0.274 e. The zero-order chi connectivity index (χ0) is 14.9. The summed E-state index contributed by atoms with van der Waals surface area (Å²) in [6.07, 6.45) is 1.72. The van der Waals surface area contributed by atoms with Crippen LogP contribution < -0.4 is 5.56 Å². The molecular formula is C18H13N3O. The molecule has 0 fully saturated rings. The summed E-state index contributed by atoms with van der Waals surface area (Å²) in [4.78, 5) is 17.1. The summed E-state index contributed by atoms with van der Waals surface area (Å²) in [7, 11) is 0. The Hall–Kier alpha value is -3.01. The molecule has 0 unspecified atom stereocenters. The first-order valence-corrected chi connectivity index (χ1v) is 7.11. The summed E-state index contributed by atoms with van der Waals surface area (Å²) in [6, 6.07) is 19.4. The van der Waals surface area contributed by atoms with Crippen molar-refractivity contribution in [2.24, 2.45) is 0 Å². The molecule has 4 aromatic rings. The number of aromatic nitrogens is 3. The van der Waals surface area contributed by atoms with Crippen LogP contribution in [0.2, 0.25) is 0 Å². The van der Waals surface area contributed by atoms with Crippen LogP contribution in [0.5, 0.6) is 0 Å². The number of hydrogen-bond acceptors (Lipinski definition) is 3. The summed E-state index contributed by atoms with van der Waals surface area (Å²) in [5.41, 5.74) is 1.66. The summed E-state index contributed by atoms with van der Waals surface area (Å²) in [5.74, 6) is 0. The highest BCUT2D eigenvalue weighted by Crippen LogP contribution is 2.12. The molecule has 2 aromatic heterocycles. The third-order valence-corrected chi connectivity index (χ3v) is 3.73. The van der Waals surface area contributed by atoms with E-state index in [-0.39, 0.29) is 5.56 Å². The van der Waals surface area contributed by atoms with E-state index >= 15 is 0 Å². The molecule has 0 atom stereocenters. The molecule has 4 heteroatoms. The van der Waals surface area contributed by atoms with Gasteiger partial charge in [0.1, 0.15) is 0 Å². The summed E-state index contributed by atoms with van der Waals surface area (Å²) in [6.45, 7) is 0.370. The average Bonchev–Trinajstić information content (AvgIpc) is 2.57. The maximum atomic E-state index is 12.5. The lowest BCUT2D eigenvalue weighted by Crippen LogP contribution is -2.23. The van der Waals surface area contributed by atoms with Crippen molar-refractivity contribution in [1.29, 1.82) is 0 Å². The molecule has 0 N–H and O–H groups in total. The number of nitrogens with zero attached hydrogens (tertiary/aromatic N) is 3. The third-order valence-electron chi connectivity index (χ3n) is 3.73. The van der Waals surface area contributed by atoms with Crippen molar-refractivity contribution in [3.8, 4) is 0 Å². The number of benzene rings is 2. The van der Waals surface area contributed by atoms with Crippen LogP contribution >= 0.6 is 0 Å².